The van der Waals surface area contributed by atoms with Crippen LogP contribution in [0.5, 0.6) is 0 Å². The van der Waals surface area contributed by atoms with Crippen LogP contribution in [0, 0.1) is 6.92 Å². The Bertz CT molecular complexity index is 471. The number of nitrogens with zero attached hydrogens (tertiary/aromatic N) is 3. The Kier molecular flexibility index (Phi) is 4.13. The molecular weight excluding hydrogens is 250 g/mol. The summed E-state index contributed by atoms with van der Waals surface area (Å²) in [7, 11) is 1.34. The number of rotatable bonds is 4. The maximum Gasteiger partial charge on any atom is 0.328 e. The topological polar surface area (TPSA) is 85.5 Å². The third-order valence-corrected chi connectivity index (χ3v) is 3.17. The molecular formula is C12H17N3O4. The first kappa shape index (κ1) is 13.5. The fraction of sp³-hybridized carbons (Fsp3) is 0.667. The highest BCUT2D eigenvalue weighted by Crippen LogP contribution is 2.19. The summed E-state index contributed by atoms with van der Waals surface area (Å²) in [4.78, 5) is 29.3. The number of likely N-dealkylation sites (tertiary alicyclic amines) is 1. The summed E-state index contributed by atoms with van der Waals surface area (Å²) in [5.41, 5.74) is 0. The van der Waals surface area contributed by atoms with Gasteiger partial charge >= 0.3 is 5.97 Å². The second-order valence-electron chi connectivity index (χ2n) is 4.50. The molecule has 19 heavy (non-hydrogen) atoms. The Morgan fingerprint density at radius 2 is 2.32 bits per heavy atom. The van der Waals surface area contributed by atoms with E-state index in [1.165, 1.54) is 7.11 Å². The van der Waals surface area contributed by atoms with Gasteiger partial charge in [0.1, 0.15) is 6.04 Å². The van der Waals surface area contributed by atoms with Gasteiger partial charge in [-0.05, 0) is 19.8 Å². The van der Waals surface area contributed by atoms with Crippen molar-refractivity contribution < 1.29 is 18.8 Å². The summed E-state index contributed by atoms with van der Waals surface area (Å²) in [5, 5.41) is 3.66. The molecule has 7 heteroatoms. The number of carbonyl (C=O) groups excluding carboxylic acids is 2. The normalized spacial score (nSPS) is 18.6. The van der Waals surface area contributed by atoms with E-state index in [2.05, 4.69) is 10.1 Å². The molecule has 0 bridgehead atoms. The highest BCUT2D eigenvalue weighted by molar-refractivity contribution is 5.85. The van der Waals surface area contributed by atoms with Crippen LogP contribution in [0.4, 0.5) is 0 Å². The zero-order chi connectivity index (χ0) is 13.8. The smallest absolute Gasteiger partial charge is 0.328 e. The van der Waals surface area contributed by atoms with Crippen molar-refractivity contribution in [3.8, 4) is 0 Å². The predicted molar refractivity (Wildman–Crippen MR) is 64.1 cm³/mol. The van der Waals surface area contributed by atoms with E-state index in [1.54, 1.807) is 11.8 Å². The average Bonchev–Trinajstić information content (AvgIpc) is 3.03. The van der Waals surface area contributed by atoms with Gasteiger partial charge in [-0.1, -0.05) is 5.16 Å². The number of aryl methyl sites for hydroxylation is 2. The molecule has 7 nitrogen and oxygen atoms in total. The van der Waals surface area contributed by atoms with Crippen molar-refractivity contribution in [1.29, 1.82) is 0 Å². The van der Waals surface area contributed by atoms with Crippen molar-refractivity contribution in [3.05, 3.63) is 11.7 Å². The van der Waals surface area contributed by atoms with Crippen LogP contribution in [0.1, 0.15) is 31.0 Å². The number of carbonyl (C=O) groups is 2. The maximum atomic E-state index is 12.1. The lowest BCUT2D eigenvalue weighted by molar-refractivity contribution is -0.150. The van der Waals surface area contributed by atoms with Crippen LogP contribution < -0.4 is 0 Å². The summed E-state index contributed by atoms with van der Waals surface area (Å²) >= 11 is 0. The molecule has 0 saturated carbocycles. The Labute approximate surface area is 110 Å². The molecule has 1 aliphatic heterocycles. The van der Waals surface area contributed by atoms with E-state index in [4.69, 9.17) is 9.26 Å². The Morgan fingerprint density at radius 3 is 2.95 bits per heavy atom. The van der Waals surface area contributed by atoms with Crippen LogP contribution in [0.15, 0.2) is 4.52 Å². The molecule has 0 spiro atoms. The number of hydrogen-bond donors (Lipinski definition) is 0. The van der Waals surface area contributed by atoms with Crippen molar-refractivity contribution >= 4 is 11.9 Å². The van der Waals surface area contributed by atoms with Crippen LogP contribution in [-0.4, -0.2) is 46.6 Å². The highest BCUT2D eigenvalue weighted by Gasteiger charge is 2.34. The maximum absolute atomic E-state index is 12.1. The van der Waals surface area contributed by atoms with Gasteiger partial charge in [-0.15, -0.1) is 0 Å². The quantitative estimate of drug-likeness (QED) is 0.737. The molecule has 1 atom stereocenters. The Balaban J connectivity index is 1.90. The molecule has 0 radical (unpaired) electrons. The summed E-state index contributed by atoms with van der Waals surface area (Å²) < 4.78 is 9.66. The van der Waals surface area contributed by atoms with E-state index in [1.807, 2.05) is 0 Å². The minimum atomic E-state index is -0.443. The first-order valence-electron chi connectivity index (χ1n) is 6.28. The molecule has 2 rings (SSSR count). The Morgan fingerprint density at radius 1 is 1.53 bits per heavy atom. The van der Waals surface area contributed by atoms with Gasteiger partial charge in [-0.3, -0.25) is 4.79 Å². The minimum absolute atomic E-state index is 0.0799. The number of hydrogen-bond acceptors (Lipinski definition) is 6. The van der Waals surface area contributed by atoms with Crippen molar-refractivity contribution in [1.82, 2.24) is 15.0 Å². The van der Waals surface area contributed by atoms with Gasteiger partial charge in [-0.2, -0.15) is 4.98 Å². The van der Waals surface area contributed by atoms with Crippen molar-refractivity contribution in [2.75, 3.05) is 13.7 Å². The third kappa shape index (κ3) is 3.10. The molecule has 0 aromatic carbocycles. The SMILES string of the molecule is COC(=O)C1CCCN1C(=O)CCc1nc(C)no1. The zero-order valence-electron chi connectivity index (χ0n) is 11.1. The fourth-order valence-corrected chi connectivity index (χ4v) is 2.25. The number of esters is 1. The summed E-state index contributed by atoms with van der Waals surface area (Å²) in [6.45, 7) is 2.32. The van der Waals surface area contributed by atoms with E-state index >= 15 is 0 Å². The molecule has 0 N–H and O–H groups in total. The van der Waals surface area contributed by atoms with E-state index in [9.17, 15) is 9.59 Å². The lowest BCUT2D eigenvalue weighted by Crippen LogP contribution is -2.41. The summed E-state index contributed by atoms with van der Waals surface area (Å²) in [5.74, 6) is 0.568. The second kappa shape index (κ2) is 5.81. The number of ether oxygens (including phenoxy) is 1. The Hall–Kier alpha value is -1.92. The van der Waals surface area contributed by atoms with Crippen molar-refractivity contribution in [2.24, 2.45) is 0 Å². The number of methoxy groups -OCH3 is 1. The number of aromatic nitrogens is 2. The van der Waals surface area contributed by atoms with Crippen LogP contribution >= 0.6 is 0 Å². The van der Waals surface area contributed by atoms with E-state index in [0.29, 0.717) is 31.1 Å². The summed E-state index contributed by atoms with van der Waals surface area (Å²) in [6.07, 6.45) is 2.14. The van der Waals surface area contributed by atoms with Gasteiger partial charge in [-0.25, -0.2) is 4.79 Å². The molecule has 1 saturated heterocycles. The van der Waals surface area contributed by atoms with Crippen LogP contribution in [0.3, 0.4) is 0 Å². The van der Waals surface area contributed by atoms with Gasteiger partial charge < -0.3 is 14.2 Å². The van der Waals surface area contributed by atoms with Gasteiger partial charge in [0, 0.05) is 19.4 Å². The highest BCUT2D eigenvalue weighted by atomic mass is 16.5. The van der Waals surface area contributed by atoms with Gasteiger partial charge in [0.2, 0.25) is 11.8 Å². The van der Waals surface area contributed by atoms with Crippen LogP contribution in [0.2, 0.25) is 0 Å². The van der Waals surface area contributed by atoms with Gasteiger partial charge in [0.25, 0.3) is 0 Å². The number of amides is 1. The minimum Gasteiger partial charge on any atom is -0.467 e. The standard InChI is InChI=1S/C12H17N3O4/c1-8-13-10(19-14-8)5-6-11(16)15-7-3-4-9(15)12(17)18-2/h9H,3-7H2,1-2H3. The average molecular weight is 267 g/mol. The van der Waals surface area contributed by atoms with Gasteiger partial charge in [0.05, 0.1) is 7.11 Å². The monoisotopic (exact) mass is 267 g/mol. The fourth-order valence-electron chi connectivity index (χ4n) is 2.25. The molecule has 104 valence electrons. The molecule has 2 heterocycles. The van der Waals surface area contributed by atoms with E-state index in [-0.39, 0.29) is 18.3 Å². The third-order valence-electron chi connectivity index (χ3n) is 3.17. The predicted octanol–water partition coefficient (Wildman–Crippen LogP) is 0.475. The lowest BCUT2D eigenvalue weighted by Gasteiger charge is -2.22. The molecule has 1 aliphatic rings. The van der Waals surface area contributed by atoms with Crippen molar-refractivity contribution in [2.45, 2.75) is 38.6 Å². The van der Waals surface area contributed by atoms with Crippen molar-refractivity contribution in [3.63, 3.8) is 0 Å². The lowest BCUT2D eigenvalue weighted by atomic mass is 10.2. The first-order chi connectivity index (χ1) is 9.11. The summed E-state index contributed by atoms with van der Waals surface area (Å²) in [6, 6.07) is -0.443. The molecule has 1 fully saturated rings. The zero-order valence-corrected chi connectivity index (χ0v) is 11.1. The first-order valence-corrected chi connectivity index (χ1v) is 6.28. The van der Waals surface area contributed by atoms with E-state index < -0.39 is 6.04 Å². The molecule has 1 aromatic heterocycles. The molecule has 0 aliphatic carbocycles. The van der Waals surface area contributed by atoms with Gasteiger partial charge in [0.15, 0.2) is 5.82 Å². The van der Waals surface area contributed by atoms with Crippen LogP contribution in [-0.2, 0) is 20.7 Å². The molecule has 1 unspecified atom stereocenters. The van der Waals surface area contributed by atoms with E-state index in [0.717, 1.165) is 6.42 Å². The van der Waals surface area contributed by atoms with Crippen LogP contribution in [0.25, 0.3) is 0 Å². The molecule has 1 aromatic rings. The largest absolute Gasteiger partial charge is 0.467 e. The molecule has 1 amide bonds. The second-order valence-corrected chi connectivity index (χ2v) is 4.50.